The molecule has 0 amide bonds. The summed E-state index contributed by atoms with van der Waals surface area (Å²) >= 11 is 2.17. The Balaban J connectivity index is 1.75. The molecule has 0 radical (unpaired) electrons. The second-order valence-electron chi connectivity index (χ2n) is 6.44. The van der Waals surface area contributed by atoms with Gasteiger partial charge >= 0.3 is 12.1 Å². The number of esters is 1. The average molecular weight is 478 g/mol. The highest BCUT2D eigenvalue weighted by Gasteiger charge is 2.41. The number of halogens is 4. The van der Waals surface area contributed by atoms with Gasteiger partial charge in [-0.1, -0.05) is 12.1 Å². The first-order valence-electron chi connectivity index (χ1n) is 8.33. The van der Waals surface area contributed by atoms with Crippen LogP contribution in [0.1, 0.15) is 36.0 Å². The molecule has 0 saturated heterocycles. The van der Waals surface area contributed by atoms with Crippen molar-refractivity contribution in [3.05, 3.63) is 39.5 Å². The van der Waals surface area contributed by atoms with Gasteiger partial charge in [-0.15, -0.1) is 0 Å². The van der Waals surface area contributed by atoms with E-state index in [0.717, 1.165) is 14.3 Å². The zero-order chi connectivity index (χ0) is 18.9. The van der Waals surface area contributed by atoms with Crippen LogP contribution < -0.4 is 4.74 Å². The zero-order valence-electron chi connectivity index (χ0n) is 14.1. The number of fused-ring (bicyclic) bond motifs is 1. The molecule has 1 aliphatic rings. The number of hydrogen-bond acceptors (Lipinski definition) is 3. The van der Waals surface area contributed by atoms with Crippen molar-refractivity contribution in [3.8, 4) is 5.75 Å². The minimum Gasteiger partial charge on any atom is -0.489 e. The molecule has 3 rings (SSSR count). The summed E-state index contributed by atoms with van der Waals surface area (Å²) in [6.07, 6.45) is -3.28. The van der Waals surface area contributed by atoms with E-state index >= 15 is 0 Å². The first-order chi connectivity index (χ1) is 12.3. The van der Waals surface area contributed by atoms with Crippen molar-refractivity contribution in [3.63, 3.8) is 0 Å². The van der Waals surface area contributed by atoms with Crippen LogP contribution in [0, 0.1) is 9.49 Å². The molecule has 0 unspecified atom stereocenters. The Morgan fingerprint density at radius 2 is 1.81 bits per heavy atom. The van der Waals surface area contributed by atoms with Gasteiger partial charge in [0.05, 0.1) is 28.3 Å². The van der Waals surface area contributed by atoms with Crippen LogP contribution in [0.15, 0.2) is 30.3 Å². The smallest absolute Gasteiger partial charge is 0.391 e. The van der Waals surface area contributed by atoms with Gasteiger partial charge in [0.1, 0.15) is 5.75 Å². The minimum atomic E-state index is -4.11. The summed E-state index contributed by atoms with van der Waals surface area (Å²) in [7, 11) is 1.33. The van der Waals surface area contributed by atoms with Crippen LogP contribution >= 0.6 is 22.6 Å². The number of rotatable bonds is 3. The van der Waals surface area contributed by atoms with Gasteiger partial charge in [-0.2, -0.15) is 13.2 Å². The van der Waals surface area contributed by atoms with Crippen LogP contribution in [-0.2, 0) is 4.74 Å². The molecule has 0 bridgehead atoms. The summed E-state index contributed by atoms with van der Waals surface area (Å²) < 4.78 is 49.9. The maximum atomic E-state index is 12.8. The van der Waals surface area contributed by atoms with Gasteiger partial charge in [0, 0.05) is 0 Å². The van der Waals surface area contributed by atoms with Gasteiger partial charge in [-0.05, 0) is 77.2 Å². The molecule has 0 aromatic heterocycles. The average Bonchev–Trinajstić information content (AvgIpc) is 2.63. The van der Waals surface area contributed by atoms with Crippen molar-refractivity contribution in [2.45, 2.75) is 38.0 Å². The van der Waals surface area contributed by atoms with Crippen molar-refractivity contribution in [1.82, 2.24) is 0 Å². The minimum absolute atomic E-state index is 0.112. The molecule has 140 valence electrons. The van der Waals surface area contributed by atoms with Gasteiger partial charge in [0.2, 0.25) is 0 Å². The van der Waals surface area contributed by atoms with Gasteiger partial charge in [-0.25, -0.2) is 4.79 Å². The summed E-state index contributed by atoms with van der Waals surface area (Å²) in [4.78, 5) is 11.6. The lowest BCUT2D eigenvalue weighted by Crippen LogP contribution is -2.32. The first kappa shape index (κ1) is 19.3. The number of methoxy groups -OCH3 is 1. The largest absolute Gasteiger partial charge is 0.489 e. The van der Waals surface area contributed by atoms with Crippen molar-refractivity contribution >= 4 is 39.3 Å². The lowest BCUT2D eigenvalue weighted by atomic mass is 9.87. The van der Waals surface area contributed by atoms with E-state index < -0.39 is 18.1 Å². The van der Waals surface area contributed by atoms with E-state index in [2.05, 4.69) is 22.6 Å². The van der Waals surface area contributed by atoms with E-state index in [0.29, 0.717) is 24.2 Å². The number of hydrogen-bond donors (Lipinski definition) is 0. The summed E-state index contributed by atoms with van der Waals surface area (Å²) in [6, 6.07) is 8.93. The monoisotopic (exact) mass is 478 g/mol. The van der Waals surface area contributed by atoms with E-state index in [1.54, 1.807) is 18.2 Å². The molecule has 0 atom stereocenters. The third-order valence-corrected chi connectivity index (χ3v) is 5.88. The fourth-order valence-corrected chi connectivity index (χ4v) is 4.09. The maximum Gasteiger partial charge on any atom is 0.391 e. The third kappa shape index (κ3) is 4.07. The van der Waals surface area contributed by atoms with E-state index in [-0.39, 0.29) is 18.9 Å². The van der Waals surface area contributed by atoms with Crippen LogP contribution in [-0.4, -0.2) is 25.4 Å². The molecule has 1 aliphatic carbocycles. The lowest BCUT2D eigenvalue weighted by molar-refractivity contribution is -0.185. The number of carbonyl (C=O) groups is 1. The second-order valence-corrected chi connectivity index (χ2v) is 7.52. The van der Waals surface area contributed by atoms with E-state index in [1.165, 1.54) is 7.11 Å². The molecule has 0 N–H and O–H groups in total. The van der Waals surface area contributed by atoms with Crippen molar-refractivity contribution in [2.75, 3.05) is 7.11 Å². The predicted octanol–water partition coefficient (Wildman–Crippen LogP) is 5.73. The molecule has 1 saturated carbocycles. The SMILES string of the molecule is COC(=O)c1ccc2c(I)c(O[C@H]3CC[C@@H](C(F)(F)F)CC3)ccc2c1. The Hall–Kier alpha value is -1.51. The van der Waals surface area contributed by atoms with Gasteiger partial charge in [-0.3, -0.25) is 0 Å². The molecular formula is C19H18F3IO3. The van der Waals surface area contributed by atoms with E-state index in [9.17, 15) is 18.0 Å². The Morgan fingerprint density at radius 1 is 1.12 bits per heavy atom. The Kier molecular flexibility index (Phi) is 5.64. The molecule has 2 aromatic carbocycles. The predicted molar refractivity (Wildman–Crippen MR) is 100 cm³/mol. The molecule has 0 spiro atoms. The number of benzene rings is 2. The van der Waals surface area contributed by atoms with E-state index in [4.69, 9.17) is 9.47 Å². The molecular weight excluding hydrogens is 460 g/mol. The van der Waals surface area contributed by atoms with Gasteiger partial charge in [0.25, 0.3) is 0 Å². The van der Waals surface area contributed by atoms with Crippen molar-refractivity contribution in [2.24, 2.45) is 5.92 Å². The highest BCUT2D eigenvalue weighted by atomic mass is 127. The standard InChI is InChI=1S/C19H18F3IO3/c1-25-18(24)12-2-8-15-11(10-12)3-9-16(17(15)23)26-14-6-4-13(5-7-14)19(20,21)22/h2-3,8-10,13-14H,4-7H2,1H3/t13-,14+. The fourth-order valence-electron chi connectivity index (χ4n) is 3.30. The van der Waals surface area contributed by atoms with Crippen LogP contribution in [0.2, 0.25) is 0 Å². The zero-order valence-corrected chi connectivity index (χ0v) is 16.3. The van der Waals surface area contributed by atoms with E-state index in [1.807, 2.05) is 12.1 Å². The quantitative estimate of drug-likeness (QED) is 0.418. The summed E-state index contributed by atoms with van der Waals surface area (Å²) in [6.45, 7) is 0. The number of alkyl halides is 3. The third-order valence-electron chi connectivity index (χ3n) is 4.77. The molecule has 26 heavy (non-hydrogen) atoms. The van der Waals surface area contributed by atoms with Crippen molar-refractivity contribution in [1.29, 1.82) is 0 Å². The number of ether oxygens (including phenoxy) is 2. The van der Waals surface area contributed by atoms with Gasteiger partial charge < -0.3 is 9.47 Å². The molecule has 7 heteroatoms. The molecule has 0 heterocycles. The lowest BCUT2D eigenvalue weighted by Gasteiger charge is -2.30. The Bertz CT molecular complexity index is 812. The normalized spacial score (nSPS) is 20.8. The molecule has 1 fully saturated rings. The molecule has 0 aliphatic heterocycles. The van der Waals surface area contributed by atoms with Crippen LogP contribution in [0.25, 0.3) is 10.8 Å². The fraction of sp³-hybridized carbons (Fsp3) is 0.421. The molecule has 2 aromatic rings. The Morgan fingerprint density at radius 3 is 2.42 bits per heavy atom. The second kappa shape index (κ2) is 7.62. The van der Waals surface area contributed by atoms with Crippen LogP contribution in [0.5, 0.6) is 5.75 Å². The summed E-state index contributed by atoms with van der Waals surface area (Å²) in [5.41, 5.74) is 0.468. The molecule has 3 nitrogen and oxygen atoms in total. The highest BCUT2D eigenvalue weighted by molar-refractivity contribution is 14.1. The van der Waals surface area contributed by atoms with Crippen LogP contribution in [0.4, 0.5) is 13.2 Å². The highest BCUT2D eigenvalue weighted by Crippen LogP contribution is 2.39. The van der Waals surface area contributed by atoms with Gasteiger partial charge in [0.15, 0.2) is 0 Å². The first-order valence-corrected chi connectivity index (χ1v) is 9.41. The topological polar surface area (TPSA) is 35.5 Å². The number of carbonyl (C=O) groups excluding carboxylic acids is 1. The summed E-state index contributed by atoms with van der Waals surface area (Å²) in [5.74, 6) is -0.946. The van der Waals surface area contributed by atoms with Crippen molar-refractivity contribution < 1.29 is 27.4 Å². The summed E-state index contributed by atoms with van der Waals surface area (Å²) in [5, 5.41) is 1.81. The van der Waals surface area contributed by atoms with Crippen LogP contribution in [0.3, 0.4) is 0 Å². The maximum absolute atomic E-state index is 12.8. The Labute approximate surface area is 163 Å².